The Morgan fingerprint density at radius 3 is 2.65 bits per heavy atom. The van der Waals surface area contributed by atoms with Gasteiger partial charge in [0, 0.05) is 18.5 Å². The number of alkyl halides is 2. The van der Waals surface area contributed by atoms with Crippen LogP contribution in [0.3, 0.4) is 0 Å². The van der Waals surface area contributed by atoms with Crippen molar-refractivity contribution >= 4 is 10.0 Å². The molecule has 0 fully saturated rings. The fourth-order valence-corrected chi connectivity index (χ4v) is 2.06. The minimum atomic E-state index is -4.32. The molecule has 0 saturated heterocycles. The molecule has 6 nitrogen and oxygen atoms in total. The summed E-state index contributed by atoms with van der Waals surface area (Å²) in [6.07, 6.45) is 2.10. The molecule has 0 saturated carbocycles. The SMILES string of the molecule is O=c1cc[nH]cc1S(=O)(=O)NCC(F)(F)CO. The van der Waals surface area contributed by atoms with E-state index in [4.69, 9.17) is 5.11 Å². The summed E-state index contributed by atoms with van der Waals surface area (Å²) >= 11 is 0. The Balaban J connectivity index is 2.92. The van der Waals surface area contributed by atoms with Crippen LogP contribution in [0, 0.1) is 0 Å². The number of sulfonamides is 1. The van der Waals surface area contributed by atoms with Crippen molar-refractivity contribution in [2.24, 2.45) is 0 Å². The maximum atomic E-state index is 12.6. The molecule has 0 spiro atoms. The average molecular weight is 268 g/mol. The monoisotopic (exact) mass is 268 g/mol. The molecule has 0 bridgehead atoms. The number of aromatic amines is 1. The Morgan fingerprint density at radius 2 is 2.12 bits per heavy atom. The number of pyridine rings is 1. The van der Waals surface area contributed by atoms with Gasteiger partial charge in [-0.3, -0.25) is 4.79 Å². The number of halogens is 2. The van der Waals surface area contributed by atoms with E-state index in [9.17, 15) is 22.0 Å². The topological polar surface area (TPSA) is 99.3 Å². The Hall–Kier alpha value is -1.32. The summed E-state index contributed by atoms with van der Waals surface area (Å²) in [4.78, 5) is 12.9. The van der Waals surface area contributed by atoms with E-state index >= 15 is 0 Å². The summed E-state index contributed by atoms with van der Waals surface area (Å²) < 4.78 is 49.8. The van der Waals surface area contributed by atoms with Crippen LogP contribution in [0.4, 0.5) is 8.78 Å². The van der Waals surface area contributed by atoms with Gasteiger partial charge in [0.2, 0.25) is 15.5 Å². The van der Waals surface area contributed by atoms with Crippen molar-refractivity contribution in [3.05, 3.63) is 28.7 Å². The summed E-state index contributed by atoms with van der Waals surface area (Å²) in [6, 6.07) is 0.957. The molecule has 0 aliphatic carbocycles. The third-order valence-electron chi connectivity index (χ3n) is 1.83. The third kappa shape index (κ3) is 3.58. The van der Waals surface area contributed by atoms with E-state index in [1.54, 1.807) is 4.72 Å². The molecule has 0 aromatic carbocycles. The van der Waals surface area contributed by atoms with Gasteiger partial charge in [-0.1, -0.05) is 0 Å². The molecule has 0 aliphatic heterocycles. The van der Waals surface area contributed by atoms with Crippen LogP contribution in [0.25, 0.3) is 0 Å². The highest BCUT2D eigenvalue weighted by atomic mass is 32.2. The quantitative estimate of drug-likeness (QED) is 0.656. The van der Waals surface area contributed by atoms with Crippen LogP contribution in [0.5, 0.6) is 0 Å². The van der Waals surface area contributed by atoms with Crippen molar-refractivity contribution in [3.8, 4) is 0 Å². The van der Waals surface area contributed by atoms with Crippen molar-refractivity contribution in [2.75, 3.05) is 13.2 Å². The number of nitrogens with one attached hydrogen (secondary N) is 2. The predicted molar refractivity (Wildman–Crippen MR) is 54.3 cm³/mol. The number of aliphatic hydroxyl groups excluding tert-OH is 1. The molecule has 1 rings (SSSR count). The van der Waals surface area contributed by atoms with Crippen LogP contribution in [-0.4, -0.2) is 37.6 Å². The molecule has 0 radical (unpaired) electrons. The number of rotatable bonds is 5. The molecule has 3 N–H and O–H groups in total. The highest BCUT2D eigenvalue weighted by Crippen LogP contribution is 2.11. The second-order valence-electron chi connectivity index (χ2n) is 3.21. The minimum Gasteiger partial charge on any atom is -0.390 e. The second kappa shape index (κ2) is 4.90. The number of aliphatic hydroxyl groups is 1. The van der Waals surface area contributed by atoms with Crippen LogP contribution in [-0.2, 0) is 10.0 Å². The summed E-state index contributed by atoms with van der Waals surface area (Å²) in [6.45, 7) is -2.76. The van der Waals surface area contributed by atoms with Gasteiger partial charge in [-0.15, -0.1) is 0 Å². The molecule has 0 aliphatic rings. The van der Waals surface area contributed by atoms with Crippen molar-refractivity contribution in [1.82, 2.24) is 9.71 Å². The predicted octanol–water partition coefficient (Wildman–Crippen LogP) is -0.719. The van der Waals surface area contributed by atoms with Gasteiger partial charge in [0.15, 0.2) is 0 Å². The first-order valence-electron chi connectivity index (χ1n) is 4.44. The van der Waals surface area contributed by atoms with Gasteiger partial charge in [0.25, 0.3) is 5.92 Å². The van der Waals surface area contributed by atoms with Gasteiger partial charge in [0.05, 0.1) is 6.54 Å². The molecule has 1 aromatic heterocycles. The second-order valence-corrected chi connectivity index (χ2v) is 4.95. The zero-order valence-electron chi connectivity index (χ0n) is 8.48. The fraction of sp³-hybridized carbons (Fsp3) is 0.375. The molecule has 96 valence electrons. The summed E-state index contributed by atoms with van der Waals surface area (Å²) in [7, 11) is -4.32. The highest BCUT2D eigenvalue weighted by Gasteiger charge is 2.30. The Morgan fingerprint density at radius 1 is 1.47 bits per heavy atom. The minimum absolute atomic E-state index is 0.659. The first-order valence-corrected chi connectivity index (χ1v) is 5.92. The largest absolute Gasteiger partial charge is 0.390 e. The smallest absolute Gasteiger partial charge is 0.283 e. The van der Waals surface area contributed by atoms with Gasteiger partial charge >= 0.3 is 0 Å². The van der Waals surface area contributed by atoms with E-state index < -0.39 is 39.4 Å². The maximum Gasteiger partial charge on any atom is 0.283 e. The van der Waals surface area contributed by atoms with E-state index in [1.807, 2.05) is 0 Å². The van der Waals surface area contributed by atoms with E-state index in [2.05, 4.69) is 4.98 Å². The summed E-state index contributed by atoms with van der Waals surface area (Å²) in [5.41, 5.74) is -0.816. The number of aromatic nitrogens is 1. The van der Waals surface area contributed by atoms with Crippen LogP contribution >= 0.6 is 0 Å². The standard InChI is InChI=1S/C8H10F2N2O4S/c9-8(10,5-13)4-12-17(15,16)7-3-11-2-1-6(7)14/h1-3,12-13H,4-5H2,(H,11,14). The zero-order chi connectivity index (χ0) is 13.1. The number of hydrogen-bond acceptors (Lipinski definition) is 4. The molecule has 9 heteroatoms. The van der Waals surface area contributed by atoms with Crippen molar-refractivity contribution in [2.45, 2.75) is 10.8 Å². The van der Waals surface area contributed by atoms with Crippen molar-refractivity contribution in [1.29, 1.82) is 0 Å². The van der Waals surface area contributed by atoms with Gasteiger partial charge in [0.1, 0.15) is 11.5 Å². The fourth-order valence-electron chi connectivity index (χ4n) is 0.945. The lowest BCUT2D eigenvalue weighted by Gasteiger charge is -2.13. The highest BCUT2D eigenvalue weighted by molar-refractivity contribution is 7.89. The molecule has 0 unspecified atom stereocenters. The molecule has 17 heavy (non-hydrogen) atoms. The van der Waals surface area contributed by atoms with E-state index in [0.717, 1.165) is 12.3 Å². The number of hydrogen-bond donors (Lipinski definition) is 3. The molecule has 1 heterocycles. The van der Waals surface area contributed by atoms with E-state index in [1.165, 1.54) is 6.20 Å². The van der Waals surface area contributed by atoms with Gasteiger partial charge in [-0.2, -0.15) is 0 Å². The summed E-state index contributed by atoms with van der Waals surface area (Å²) in [5, 5.41) is 8.26. The van der Waals surface area contributed by atoms with Gasteiger partial charge < -0.3 is 10.1 Å². The molecule has 0 atom stereocenters. The zero-order valence-corrected chi connectivity index (χ0v) is 9.30. The van der Waals surface area contributed by atoms with Gasteiger partial charge in [-0.25, -0.2) is 21.9 Å². The molecular formula is C8H10F2N2O4S. The Bertz CT molecular complexity index is 540. The lowest BCUT2D eigenvalue weighted by molar-refractivity contribution is -0.0437. The van der Waals surface area contributed by atoms with E-state index in [0.29, 0.717) is 0 Å². The lowest BCUT2D eigenvalue weighted by Crippen LogP contribution is -2.40. The maximum absolute atomic E-state index is 12.6. The molecule has 0 amide bonds. The van der Waals surface area contributed by atoms with Crippen molar-refractivity contribution in [3.63, 3.8) is 0 Å². The molecular weight excluding hydrogens is 258 g/mol. The van der Waals surface area contributed by atoms with Crippen LogP contribution < -0.4 is 10.2 Å². The van der Waals surface area contributed by atoms with Crippen molar-refractivity contribution < 1.29 is 22.3 Å². The Kier molecular flexibility index (Phi) is 3.96. The average Bonchev–Trinajstić information content (AvgIpc) is 2.27. The number of H-pyrrole nitrogens is 1. The first kappa shape index (κ1) is 13.7. The first-order chi connectivity index (χ1) is 7.78. The van der Waals surface area contributed by atoms with E-state index in [-0.39, 0.29) is 0 Å². The third-order valence-corrected chi connectivity index (χ3v) is 3.25. The van der Waals surface area contributed by atoms with Crippen LogP contribution in [0.1, 0.15) is 0 Å². The molecule has 1 aromatic rings. The van der Waals surface area contributed by atoms with Crippen LogP contribution in [0.2, 0.25) is 0 Å². The summed E-state index contributed by atoms with van der Waals surface area (Å²) in [5.74, 6) is -3.57. The van der Waals surface area contributed by atoms with Gasteiger partial charge in [-0.05, 0) is 0 Å². The van der Waals surface area contributed by atoms with Crippen LogP contribution in [0.15, 0.2) is 28.2 Å². The Labute approximate surface area is 95.3 Å². The lowest BCUT2D eigenvalue weighted by atomic mass is 10.4. The normalized spacial score (nSPS) is 12.6.